The van der Waals surface area contributed by atoms with E-state index in [1.165, 1.54) is 0 Å². The standard InChI is InChI=1S/C13H16Cl2N2O/c14-10-4-3-9(11(15)8-10)5-7-17-13(18)12-2-1-6-16-12/h3-4,8,12,16H,1-2,5-7H2,(H,17,18)/t12-/m1/s1. The highest BCUT2D eigenvalue weighted by Gasteiger charge is 2.21. The molecule has 5 heteroatoms. The van der Waals surface area contributed by atoms with E-state index in [0.29, 0.717) is 23.0 Å². The van der Waals surface area contributed by atoms with E-state index in [1.807, 2.05) is 12.1 Å². The summed E-state index contributed by atoms with van der Waals surface area (Å²) >= 11 is 11.9. The maximum Gasteiger partial charge on any atom is 0.237 e. The van der Waals surface area contributed by atoms with E-state index in [-0.39, 0.29) is 11.9 Å². The number of benzene rings is 1. The van der Waals surface area contributed by atoms with Gasteiger partial charge in [-0.2, -0.15) is 0 Å². The number of carbonyl (C=O) groups excluding carboxylic acids is 1. The van der Waals surface area contributed by atoms with Gasteiger partial charge in [0.05, 0.1) is 6.04 Å². The fourth-order valence-electron chi connectivity index (χ4n) is 2.08. The van der Waals surface area contributed by atoms with Gasteiger partial charge in [0.15, 0.2) is 0 Å². The molecule has 18 heavy (non-hydrogen) atoms. The molecule has 1 aromatic carbocycles. The zero-order chi connectivity index (χ0) is 13.0. The second-order valence-electron chi connectivity index (χ2n) is 4.43. The van der Waals surface area contributed by atoms with E-state index in [4.69, 9.17) is 23.2 Å². The zero-order valence-electron chi connectivity index (χ0n) is 10.0. The quantitative estimate of drug-likeness (QED) is 0.893. The third-order valence-electron chi connectivity index (χ3n) is 3.09. The largest absolute Gasteiger partial charge is 0.354 e. The van der Waals surface area contributed by atoms with E-state index in [9.17, 15) is 4.79 Å². The highest BCUT2D eigenvalue weighted by Crippen LogP contribution is 2.21. The van der Waals surface area contributed by atoms with Crippen LogP contribution >= 0.6 is 23.2 Å². The molecule has 1 atom stereocenters. The number of amides is 1. The normalized spacial score (nSPS) is 18.9. The molecule has 0 aromatic heterocycles. The van der Waals surface area contributed by atoms with Gasteiger partial charge in [0.25, 0.3) is 0 Å². The van der Waals surface area contributed by atoms with Gasteiger partial charge in [-0.1, -0.05) is 29.3 Å². The number of carbonyl (C=O) groups is 1. The Kier molecular flexibility index (Phi) is 4.87. The lowest BCUT2D eigenvalue weighted by Crippen LogP contribution is -2.41. The van der Waals surface area contributed by atoms with Gasteiger partial charge < -0.3 is 10.6 Å². The third kappa shape index (κ3) is 3.61. The molecule has 0 spiro atoms. The maximum atomic E-state index is 11.7. The van der Waals surface area contributed by atoms with Gasteiger partial charge in [-0.25, -0.2) is 0 Å². The molecular formula is C13H16Cl2N2O. The summed E-state index contributed by atoms with van der Waals surface area (Å²) in [6, 6.07) is 5.40. The average Bonchev–Trinajstić information content (AvgIpc) is 2.85. The minimum Gasteiger partial charge on any atom is -0.354 e. The van der Waals surface area contributed by atoms with E-state index >= 15 is 0 Å². The molecule has 1 fully saturated rings. The molecule has 1 aliphatic rings. The Morgan fingerprint density at radius 3 is 2.94 bits per heavy atom. The van der Waals surface area contributed by atoms with Crippen LogP contribution in [0.3, 0.4) is 0 Å². The first-order valence-corrected chi connectivity index (χ1v) is 6.87. The van der Waals surface area contributed by atoms with Gasteiger partial charge in [0.1, 0.15) is 0 Å². The van der Waals surface area contributed by atoms with Crippen LogP contribution in [0.5, 0.6) is 0 Å². The van der Waals surface area contributed by atoms with Crippen molar-refractivity contribution in [2.45, 2.75) is 25.3 Å². The number of hydrogen-bond donors (Lipinski definition) is 2. The second kappa shape index (κ2) is 6.41. The Balaban J connectivity index is 1.79. The van der Waals surface area contributed by atoms with Crippen molar-refractivity contribution in [3.05, 3.63) is 33.8 Å². The average molecular weight is 287 g/mol. The van der Waals surface area contributed by atoms with Gasteiger partial charge >= 0.3 is 0 Å². The fraction of sp³-hybridized carbons (Fsp3) is 0.462. The first-order chi connectivity index (χ1) is 8.66. The zero-order valence-corrected chi connectivity index (χ0v) is 11.5. The highest BCUT2D eigenvalue weighted by atomic mass is 35.5. The van der Waals surface area contributed by atoms with Crippen molar-refractivity contribution in [3.8, 4) is 0 Å². The van der Waals surface area contributed by atoms with E-state index < -0.39 is 0 Å². The molecule has 0 bridgehead atoms. The molecule has 98 valence electrons. The van der Waals surface area contributed by atoms with Crippen molar-refractivity contribution in [1.82, 2.24) is 10.6 Å². The molecule has 1 aliphatic heterocycles. The second-order valence-corrected chi connectivity index (χ2v) is 5.27. The summed E-state index contributed by atoms with van der Waals surface area (Å²) in [7, 11) is 0. The van der Waals surface area contributed by atoms with Crippen LogP contribution in [-0.2, 0) is 11.2 Å². The monoisotopic (exact) mass is 286 g/mol. The van der Waals surface area contributed by atoms with Crippen LogP contribution < -0.4 is 10.6 Å². The molecule has 2 N–H and O–H groups in total. The smallest absolute Gasteiger partial charge is 0.237 e. The van der Waals surface area contributed by atoms with Crippen molar-refractivity contribution in [1.29, 1.82) is 0 Å². The SMILES string of the molecule is O=C(NCCc1ccc(Cl)cc1Cl)[C@H]1CCCN1. The summed E-state index contributed by atoms with van der Waals surface area (Å²) in [5.74, 6) is 0.0811. The van der Waals surface area contributed by atoms with Gasteiger partial charge in [0, 0.05) is 16.6 Å². The van der Waals surface area contributed by atoms with Crippen LogP contribution in [0.1, 0.15) is 18.4 Å². The maximum absolute atomic E-state index is 11.7. The van der Waals surface area contributed by atoms with Crippen LogP contribution in [0, 0.1) is 0 Å². The predicted octanol–water partition coefficient (Wildman–Crippen LogP) is 2.40. The molecule has 0 radical (unpaired) electrons. The lowest BCUT2D eigenvalue weighted by atomic mass is 10.1. The Morgan fingerprint density at radius 2 is 2.28 bits per heavy atom. The molecule has 3 nitrogen and oxygen atoms in total. The highest BCUT2D eigenvalue weighted by molar-refractivity contribution is 6.35. The van der Waals surface area contributed by atoms with Gasteiger partial charge in [-0.15, -0.1) is 0 Å². The van der Waals surface area contributed by atoms with Crippen LogP contribution in [0.15, 0.2) is 18.2 Å². The van der Waals surface area contributed by atoms with Crippen LogP contribution in [0.2, 0.25) is 10.0 Å². The number of halogens is 2. The Labute approximate surface area is 117 Å². The lowest BCUT2D eigenvalue weighted by molar-refractivity contribution is -0.122. The van der Waals surface area contributed by atoms with E-state index in [2.05, 4.69) is 10.6 Å². The molecule has 1 saturated heterocycles. The molecule has 0 saturated carbocycles. The summed E-state index contributed by atoms with van der Waals surface area (Å²) in [6.45, 7) is 1.53. The first-order valence-electron chi connectivity index (χ1n) is 6.12. The van der Waals surface area contributed by atoms with Gasteiger partial charge in [-0.3, -0.25) is 4.79 Å². The topological polar surface area (TPSA) is 41.1 Å². The van der Waals surface area contributed by atoms with Crippen LogP contribution in [0.4, 0.5) is 0 Å². The van der Waals surface area contributed by atoms with Crippen molar-refractivity contribution in [2.24, 2.45) is 0 Å². The van der Waals surface area contributed by atoms with Crippen molar-refractivity contribution in [2.75, 3.05) is 13.1 Å². The minimum atomic E-state index is -0.0225. The van der Waals surface area contributed by atoms with Crippen LogP contribution in [-0.4, -0.2) is 25.0 Å². The Bertz CT molecular complexity index is 431. The molecule has 1 amide bonds. The Morgan fingerprint density at radius 1 is 1.44 bits per heavy atom. The summed E-state index contributed by atoms with van der Waals surface area (Å²) in [6.07, 6.45) is 2.71. The van der Waals surface area contributed by atoms with E-state index in [1.54, 1.807) is 6.07 Å². The first kappa shape index (κ1) is 13.7. The summed E-state index contributed by atoms with van der Waals surface area (Å²) in [4.78, 5) is 11.7. The third-order valence-corrected chi connectivity index (χ3v) is 3.67. The van der Waals surface area contributed by atoms with Crippen LogP contribution in [0.25, 0.3) is 0 Å². The summed E-state index contributed by atoms with van der Waals surface area (Å²) < 4.78 is 0. The molecule has 2 rings (SSSR count). The van der Waals surface area contributed by atoms with Crippen molar-refractivity contribution < 1.29 is 4.79 Å². The lowest BCUT2D eigenvalue weighted by Gasteiger charge is -2.11. The molecule has 0 aliphatic carbocycles. The number of nitrogens with one attached hydrogen (secondary N) is 2. The summed E-state index contributed by atoms with van der Waals surface area (Å²) in [5, 5.41) is 7.37. The minimum absolute atomic E-state index is 0.0225. The Hall–Kier alpha value is -0.770. The van der Waals surface area contributed by atoms with Gasteiger partial charge in [0.2, 0.25) is 5.91 Å². The molecule has 0 unspecified atom stereocenters. The molecule has 1 aromatic rings. The van der Waals surface area contributed by atoms with Crippen molar-refractivity contribution >= 4 is 29.1 Å². The van der Waals surface area contributed by atoms with Crippen molar-refractivity contribution in [3.63, 3.8) is 0 Å². The van der Waals surface area contributed by atoms with E-state index in [0.717, 1.165) is 24.9 Å². The number of rotatable bonds is 4. The fourth-order valence-corrected chi connectivity index (χ4v) is 2.58. The summed E-state index contributed by atoms with van der Waals surface area (Å²) in [5.41, 5.74) is 1.00. The molecule has 1 heterocycles. The number of hydrogen-bond acceptors (Lipinski definition) is 2. The predicted molar refractivity (Wildman–Crippen MR) is 74.2 cm³/mol. The molecular weight excluding hydrogens is 271 g/mol. The van der Waals surface area contributed by atoms with Gasteiger partial charge in [-0.05, 0) is 43.5 Å².